The molecule has 0 aliphatic heterocycles. The van der Waals surface area contributed by atoms with Gasteiger partial charge in [-0.25, -0.2) is 4.39 Å². The number of nitrogens with one attached hydrogen (secondary N) is 1. The molecule has 0 aliphatic rings. The maximum absolute atomic E-state index is 13.0. The number of nitrogens with zero attached hydrogens (tertiary/aromatic N) is 1. The Morgan fingerprint density at radius 3 is 2.55 bits per heavy atom. The van der Waals surface area contributed by atoms with Crippen LogP contribution in [0.2, 0.25) is 0 Å². The first-order valence-corrected chi connectivity index (χ1v) is 9.19. The van der Waals surface area contributed by atoms with Crippen molar-refractivity contribution in [3.63, 3.8) is 0 Å². The third kappa shape index (κ3) is 6.33. The molecular weight excluding hydrogens is 445 g/mol. The average molecular weight is 462 g/mol. The molecule has 0 aromatic heterocycles. The third-order valence-corrected chi connectivity index (χ3v) is 4.06. The Balaban J connectivity index is 2.31. The summed E-state index contributed by atoms with van der Waals surface area (Å²) >= 11 is 3.32. The van der Waals surface area contributed by atoms with Crippen LogP contribution in [0, 0.1) is 17.1 Å². The zero-order valence-electron chi connectivity index (χ0n) is 15.4. The number of ether oxygens (including phenoxy) is 2. The summed E-state index contributed by atoms with van der Waals surface area (Å²) in [5, 5.41) is 11.9. The Bertz CT molecular complexity index is 984. The number of hydrogen-bond acceptors (Lipinski definition) is 5. The normalized spacial score (nSPS) is 10.8. The van der Waals surface area contributed by atoms with Crippen LogP contribution < -0.4 is 20.5 Å². The van der Waals surface area contributed by atoms with Gasteiger partial charge in [0.1, 0.15) is 17.5 Å². The van der Waals surface area contributed by atoms with E-state index in [1.807, 2.05) is 6.07 Å². The maximum Gasteiger partial charge on any atom is 0.266 e. The molecule has 3 N–H and O–H groups in total. The fraction of sp³-hybridized carbons (Fsp3) is 0.150. The number of primary amides is 1. The van der Waals surface area contributed by atoms with Crippen molar-refractivity contribution in [1.29, 1.82) is 5.26 Å². The largest absolute Gasteiger partial charge is 0.490 e. The van der Waals surface area contributed by atoms with Crippen molar-refractivity contribution >= 4 is 39.5 Å². The van der Waals surface area contributed by atoms with Crippen LogP contribution >= 0.6 is 15.9 Å². The molecule has 150 valence electrons. The van der Waals surface area contributed by atoms with E-state index in [4.69, 9.17) is 15.2 Å². The molecule has 0 spiro atoms. The molecule has 7 nitrogen and oxygen atoms in total. The number of halogens is 2. The molecule has 2 amide bonds. The number of rotatable bonds is 8. The first-order valence-electron chi connectivity index (χ1n) is 8.40. The first-order chi connectivity index (χ1) is 13.8. The molecule has 0 heterocycles. The Hall–Kier alpha value is -3.38. The van der Waals surface area contributed by atoms with E-state index in [1.165, 1.54) is 30.3 Å². The van der Waals surface area contributed by atoms with Crippen LogP contribution in [0.3, 0.4) is 0 Å². The number of anilines is 1. The van der Waals surface area contributed by atoms with Gasteiger partial charge in [0.25, 0.3) is 11.8 Å². The summed E-state index contributed by atoms with van der Waals surface area (Å²) in [4.78, 5) is 23.3. The third-order valence-electron chi connectivity index (χ3n) is 3.47. The molecular formula is C20H17BrFN3O4. The van der Waals surface area contributed by atoms with Crippen LogP contribution in [0.4, 0.5) is 10.1 Å². The number of benzene rings is 2. The van der Waals surface area contributed by atoms with Crippen LogP contribution in [0.5, 0.6) is 11.5 Å². The van der Waals surface area contributed by atoms with Gasteiger partial charge in [-0.15, -0.1) is 0 Å². The minimum Gasteiger partial charge on any atom is -0.490 e. The summed E-state index contributed by atoms with van der Waals surface area (Å²) in [6, 6.07) is 10.2. The van der Waals surface area contributed by atoms with Gasteiger partial charge >= 0.3 is 0 Å². The molecule has 0 saturated heterocycles. The van der Waals surface area contributed by atoms with E-state index < -0.39 is 17.6 Å². The van der Waals surface area contributed by atoms with Crippen LogP contribution in [0.15, 0.2) is 46.4 Å². The molecule has 0 bridgehead atoms. The summed E-state index contributed by atoms with van der Waals surface area (Å²) in [6.45, 7) is 1.76. The highest BCUT2D eigenvalue weighted by atomic mass is 79.9. The quantitative estimate of drug-likeness (QED) is 0.461. The lowest BCUT2D eigenvalue weighted by Crippen LogP contribution is -2.20. The van der Waals surface area contributed by atoms with E-state index in [0.717, 1.165) is 0 Å². The number of carbonyl (C=O) groups is 2. The molecule has 0 saturated carbocycles. The van der Waals surface area contributed by atoms with E-state index in [1.54, 1.807) is 19.1 Å². The van der Waals surface area contributed by atoms with Crippen LogP contribution in [-0.4, -0.2) is 25.0 Å². The topological polar surface area (TPSA) is 114 Å². The lowest BCUT2D eigenvalue weighted by atomic mass is 10.1. The van der Waals surface area contributed by atoms with Crippen LogP contribution in [-0.2, 0) is 9.59 Å². The van der Waals surface area contributed by atoms with Gasteiger partial charge in [-0.05, 0) is 70.9 Å². The highest BCUT2D eigenvalue weighted by molar-refractivity contribution is 9.10. The average Bonchev–Trinajstić information content (AvgIpc) is 2.67. The van der Waals surface area contributed by atoms with Crippen molar-refractivity contribution in [1.82, 2.24) is 0 Å². The smallest absolute Gasteiger partial charge is 0.266 e. The standard InChI is InChI=1S/C20H17BrFN3O4/c1-2-28-17-9-12(8-16(21)19(17)29-11-18(24)26)7-13(10-23)20(27)25-15-5-3-14(22)4-6-15/h3-9H,2,11H2,1H3,(H2,24,26)(H,25,27)/b13-7+. The van der Waals surface area contributed by atoms with Crippen molar-refractivity contribution in [2.45, 2.75) is 6.92 Å². The predicted octanol–water partition coefficient (Wildman–Crippen LogP) is 3.40. The second-order valence-corrected chi connectivity index (χ2v) is 6.50. The SMILES string of the molecule is CCOc1cc(/C=C(\C#N)C(=O)Nc2ccc(F)cc2)cc(Br)c1OCC(N)=O. The highest BCUT2D eigenvalue weighted by Crippen LogP contribution is 2.37. The van der Waals surface area contributed by atoms with Gasteiger partial charge in [0.05, 0.1) is 11.1 Å². The summed E-state index contributed by atoms with van der Waals surface area (Å²) in [6.07, 6.45) is 1.37. The molecule has 2 aromatic rings. The van der Waals surface area contributed by atoms with Gasteiger partial charge < -0.3 is 20.5 Å². The fourth-order valence-electron chi connectivity index (χ4n) is 2.26. The highest BCUT2D eigenvalue weighted by Gasteiger charge is 2.15. The number of hydrogen-bond donors (Lipinski definition) is 2. The summed E-state index contributed by atoms with van der Waals surface area (Å²) in [7, 11) is 0. The molecule has 0 atom stereocenters. The number of carbonyl (C=O) groups excluding carboxylic acids is 2. The number of nitrogens with two attached hydrogens (primary N) is 1. The summed E-state index contributed by atoms with van der Waals surface area (Å²) in [5.41, 5.74) is 5.77. The van der Waals surface area contributed by atoms with Crippen molar-refractivity contribution in [2.75, 3.05) is 18.5 Å². The monoisotopic (exact) mass is 461 g/mol. The van der Waals surface area contributed by atoms with Gasteiger partial charge in [-0.2, -0.15) is 5.26 Å². The fourth-order valence-corrected chi connectivity index (χ4v) is 2.84. The van der Waals surface area contributed by atoms with E-state index in [9.17, 15) is 19.2 Å². The van der Waals surface area contributed by atoms with Gasteiger partial charge in [-0.3, -0.25) is 9.59 Å². The minimum absolute atomic E-state index is 0.172. The molecule has 29 heavy (non-hydrogen) atoms. The van der Waals surface area contributed by atoms with Gasteiger partial charge in [0.2, 0.25) is 0 Å². The Morgan fingerprint density at radius 1 is 1.28 bits per heavy atom. The van der Waals surface area contributed by atoms with E-state index in [-0.39, 0.29) is 17.9 Å². The predicted molar refractivity (Wildman–Crippen MR) is 109 cm³/mol. The van der Waals surface area contributed by atoms with Crippen molar-refractivity contribution < 1.29 is 23.5 Å². The lowest BCUT2D eigenvalue weighted by Gasteiger charge is -2.14. The Labute approximate surface area is 175 Å². The molecule has 0 fully saturated rings. The lowest BCUT2D eigenvalue weighted by molar-refractivity contribution is -0.120. The zero-order valence-corrected chi connectivity index (χ0v) is 17.0. The molecule has 9 heteroatoms. The number of nitriles is 1. The van der Waals surface area contributed by atoms with Gasteiger partial charge in [0.15, 0.2) is 18.1 Å². The van der Waals surface area contributed by atoms with E-state index in [2.05, 4.69) is 21.2 Å². The zero-order chi connectivity index (χ0) is 21.4. The number of amides is 2. The summed E-state index contributed by atoms with van der Waals surface area (Å²) < 4.78 is 24.3. The molecule has 2 rings (SSSR count). The second kappa shape index (κ2) is 10.2. The van der Waals surface area contributed by atoms with Crippen molar-refractivity contribution in [3.8, 4) is 17.6 Å². The Kier molecular flexibility index (Phi) is 7.74. The van der Waals surface area contributed by atoms with Crippen molar-refractivity contribution in [3.05, 3.63) is 57.8 Å². The maximum atomic E-state index is 13.0. The van der Waals surface area contributed by atoms with E-state index in [0.29, 0.717) is 28.1 Å². The minimum atomic E-state index is -0.651. The molecule has 0 aliphatic carbocycles. The van der Waals surface area contributed by atoms with Crippen LogP contribution in [0.1, 0.15) is 12.5 Å². The molecule has 0 unspecified atom stereocenters. The Morgan fingerprint density at radius 2 is 1.97 bits per heavy atom. The summed E-state index contributed by atoms with van der Waals surface area (Å²) in [5.74, 6) is -1.15. The second-order valence-electron chi connectivity index (χ2n) is 5.65. The van der Waals surface area contributed by atoms with E-state index >= 15 is 0 Å². The van der Waals surface area contributed by atoms with Crippen LogP contribution in [0.25, 0.3) is 6.08 Å². The van der Waals surface area contributed by atoms with Crippen molar-refractivity contribution in [2.24, 2.45) is 5.73 Å². The van der Waals surface area contributed by atoms with Gasteiger partial charge in [-0.1, -0.05) is 0 Å². The first kappa shape index (κ1) is 21.9. The van der Waals surface area contributed by atoms with Gasteiger partial charge in [0, 0.05) is 5.69 Å². The molecule has 0 radical (unpaired) electrons. The molecule has 2 aromatic carbocycles.